The Balaban J connectivity index is 1.61. The molecule has 0 spiro atoms. The second-order valence-corrected chi connectivity index (χ2v) is 5.66. The summed E-state index contributed by atoms with van der Waals surface area (Å²) in [6.07, 6.45) is 1.19. The van der Waals surface area contributed by atoms with Crippen LogP contribution in [0.5, 0.6) is 0 Å². The van der Waals surface area contributed by atoms with Crippen molar-refractivity contribution in [2.75, 3.05) is 6.54 Å². The van der Waals surface area contributed by atoms with Crippen LogP contribution < -0.4 is 5.32 Å². The van der Waals surface area contributed by atoms with Crippen molar-refractivity contribution in [2.45, 2.75) is 25.3 Å². The number of benzene rings is 2. The summed E-state index contributed by atoms with van der Waals surface area (Å²) >= 11 is 6.22. The third kappa shape index (κ3) is 2.54. The third-order valence-corrected chi connectivity index (χ3v) is 4.35. The van der Waals surface area contributed by atoms with Gasteiger partial charge in [0, 0.05) is 23.5 Å². The molecule has 1 aliphatic carbocycles. The average molecular weight is 272 g/mol. The van der Waals surface area contributed by atoms with Crippen LogP contribution in [0.1, 0.15) is 35.6 Å². The van der Waals surface area contributed by atoms with Crippen LogP contribution in [0.25, 0.3) is 0 Å². The van der Waals surface area contributed by atoms with Gasteiger partial charge in [0.05, 0.1) is 0 Å². The van der Waals surface area contributed by atoms with Gasteiger partial charge in [0.1, 0.15) is 0 Å². The molecule has 0 saturated carbocycles. The number of hydrogen-bond acceptors (Lipinski definition) is 1. The molecule has 19 heavy (non-hydrogen) atoms. The smallest absolute Gasteiger partial charge is 0.0453 e. The van der Waals surface area contributed by atoms with Gasteiger partial charge in [-0.25, -0.2) is 0 Å². The predicted octanol–water partition coefficient (Wildman–Crippen LogP) is 4.33. The summed E-state index contributed by atoms with van der Waals surface area (Å²) in [7, 11) is 0. The highest BCUT2D eigenvalue weighted by Gasteiger charge is 2.25. The Morgan fingerprint density at radius 1 is 1.16 bits per heavy atom. The summed E-state index contributed by atoms with van der Waals surface area (Å²) < 4.78 is 0. The van der Waals surface area contributed by atoms with Crippen molar-refractivity contribution < 1.29 is 0 Å². The number of hydrogen-bond donors (Lipinski definition) is 1. The largest absolute Gasteiger partial charge is 0.310 e. The average Bonchev–Trinajstić information content (AvgIpc) is 2.40. The topological polar surface area (TPSA) is 12.0 Å². The van der Waals surface area contributed by atoms with E-state index in [0.29, 0.717) is 12.0 Å². The van der Waals surface area contributed by atoms with Crippen LogP contribution in [0.3, 0.4) is 0 Å². The highest BCUT2D eigenvalue weighted by atomic mass is 35.5. The normalized spacial score (nSPS) is 18.5. The van der Waals surface area contributed by atoms with E-state index in [0.717, 1.165) is 11.6 Å². The Kier molecular flexibility index (Phi) is 3.58. The summed E-state index contributed by atoms with van der Waals surface area (Å²) in [4.78, 5) is 0. The minimum atomic E-state index is 0.293. The summed E-state index contributed by atoms with van der Waals surface area (Å²) in [6.45, 7) is 3.19. The van der Waals surface area contributed by atoms with Crippen molar-refractivity contribution in [3.8, 4) is 0 Å². The van der Waals surface area contributed by atoms with Gasteiger partial charge in [-0.2, -0.15) is 0 Å². The molecule has 1 nitrogen and oxygen atoms in total. The van der Waals surface area contributed by atoms with E-state index in [4.69, 9.17) is 11.6 Å². The van der Waals surface area contributed by atoms with E-state index in [-0.39, 0.29) is 0 Å². The highest BCUT2D eigenvalue weighted by Crippen LogP contribution is 2.34. The lowest BCUT2D eigenvalue weighted by molar-refractivity contribution is 0.489. The molecule has 2 aromatic rings. The molecule has 3 rings (SSSR count). The van der Waals surface area contributed by atoms with Crippen LogP contribution >= 0.6 is 11.6 Å². The first-order valence-corrected chi connectivity index (χ1v) is 7.19. The van der Waals surface area contributed by atoms with Gasteiger partial charge in [0.2, 0.25) is 0 Å². The van der Waals surface area contributed by atoms with Gasteiger partial charge < -0.3 is 5.32 Å². The molecule has 0 heterocycles. The van der Waals surface area contributed by atoms with Crippen LogP contribution in [0.2, 0.25) is 5.02 Å². The fourth-order valence-corrected chi connectivity index (χ4v) is 3.10. The lowest BCUT2D eigenvalue weighted by Crippen LogP contribution is -2.30. The Hall–Kier alpha value is -1.31. The zero-order valence-corrected chi connectivity index (χ0v) is 11.8. The monoisotopic (exact) mass is 271 g/mol. The Morgan fingerprint density at radius 2 is 1.89 bits per heavy atom. The third-order valence-electron chi connectivity index (χ3n) is 4.00. The second kappa shape index (κ2) is 5.36. The molecule has 2 atom stereocenters. The maximum Gasteiger partial charge on any atom is 0.0453 e. The SMILES string of the molecule is C[C@H](NCC1Cc2ccccc21)c1ccccc1Cl. The van der Waals surface area contributed by atoms with Gasteiger partial charge in [0.15, 0.2) is 0 Å². The summed E-state index contributed by atoms with van der Waals surface area (Å²) in [5, 5.41) is 4.44. The molecule has 0 bridgehead atoms. The molecule has 0 saturated heterocycles. The predicted molar refractivity (Wildman–Crippen MR) is 80.8 cm³/mol. The molecular weight excluding hydrogens is 254 g/mol. The van der Waals surface area contributed by atoms with Crippen LogP contribution in [-0.2, 0) is 6.42 Å². The molecule has 98 valence electrons. The first kappa shape index (κ1) is 12.7. The van der Waals surface area contributed by atoms with Crippen molar-refractivity contribution >= 4 is 11.6 Å². The van der Waals surface area contributed by atoms with Crippen molar-refractivity contribution in [1.29, 1.82) is 0 Å². The molecule has 0 aliphatic heterocycles. The molecule has 0 fully saturated rings. The van der Waals surface area contributed by atoms with Crippen molar-refractivity contribution in [1.82, 2.24) is 5.32 Å². The zero-order chi connectivity index (χ0) is 13.2. The van der Waals surface area contributed by atoms with Gasteiger partial charge in [-0.1, -0.05) is 54.1 Å². The molecule has 1 aliphatic rings. The summed E-state index contributed by atoms with van der Waals surface area (Å²) in [5.41, 5.74) is 4.18. The quantitative estimate of drug-likeness (QED) is 0.873. The maximum absolute atomic E-state index is 6.22. The molecule has 0 aromatic heterocycles. The number of nitrogens with one attached hydrogen (secondary N) is 1. The van der Waals surface area contributed by atoms with Gasteiger partial charge >= 0.3 is 0 Å². The van der Waals surface area contributed by atoms with E-state index in [9.17, 15) is 0 Å². The first-order valence-electron chi connectivity index (χ1n) is 6.81. The van der Waals surface area contributed by atoms with Crippen LogP contribution in [0.4, 0.5) is 0 Å². The molecule has 0 radical (unpaired) electrons. The van der Waals surface area contributed by atoms with E-state index in [1.54, 1.807) is 0 Å². The molecular formula is C17H18ClN. The second-order valence-electron chi connectivity index (χ2n) is 5.25. The number of rotatable bonds is 4. The number of fused-ring (bicyclic) bond motifs is 1. The lowest BCUT2D eigenvalue weighted by atomic mass is 9.77. The van der Waals surface area contributed by atoms with Crippen LogP contribution in [0.15, 0.2) is 48.5 Å². The number of halogens is 1. The maximum atomic E-state index is 6.22. The van der Waals surface area contributed by atoms with Crippen LogP contribution in [-0.4, -0.2) is 6.54 Å². The zero-order valence-electron chi connectivity index (χ0n) is 11.1. The molecule has 0 amide bonds. The fourth-order valence-electron chi connectivity index (χ4n) is 2.80. The van der Waals surface area contributed by atoms with Crippen molar-refractivity contribution in [3.05, 3.63) is 70.2 Å². The lowest BCUT2D eigenvalue weighted by Gasteiger charge is -2.31. The van der Waals surface area contributed by atoms with Crippen molar-refractivity contribution in [2.24, 2.45) is 0 Å². The van der Waals surface area contributed by atoms with Crippen molar-refractivity contribution in [3.63, 3.8) is 0 Å². The Morgan fingerprint density at radius 3 is 2.68 bits per heavy atom. The van der Waals surface area contributed by atoms with Gasteiger partial charge in [-0.3, -0.25) is 0 Å². The Bertz CT molecular complexity index is 579. The van der Waals surface area contributed by atoms with E-state index in [1.807, 2.05) is 18.2 Å². The fraction of sp³-hybridized carbons (Fsp3) is 0.294. The molecule has 2 heteroatoms. The molecule has 1 unspecified atom stereocenters. The van der Waals surface area contributed by atoms with Gasteiger partial charge in [-0.05, 0) is 36.1 Å². The van der Waals surface area contributed by atoms with E-state index in [2.05, 4.69) is 42.6 Å². The molecule has 2 aromatic carbocycles. The Labute approximate surface area is 119 Å². The molecule has 1 N–H and O–H groups in total. The summed E-state index contributed by atoms with van der Waals surface area (Å²) in [6, 6.07) is 17.1. The van der Waals surface area contributed by atoms with Gasteiger partial charge in [-0.15, -0.1) is 0 Å². The van der Waals surface area contributed by atoms with E-state index in [1.165, 1.54) is 23.1 Å². The summed E-state index contributed by atoms with van der Waals surface area (Å²) in [5.74, 6) is 0.654. The van der Waals surface area contributed by atoms with E-state index < -0.39 is 0 Å². The standard InChI is InChI=1S/C17H18ClN/c1-12(15-7-4-5-9-17(15)18)19-11-14-10-13-6-2-3-8-16(13)14/h2-9,12,14,19H,10-11H2,1H3/t12-,14?/m0/s1. The highest BCUT2D eigenvalue weighted by molar-refractivity contribution is 6.31. The minimum Gasteiger partial charge on any atom is -0.310 e. The van der Waals surface area contributed by atoms with E-state index >= 15 is 0 Å². The van der Waals surface area contributed by atoms with Gasteiger partial charge in [0.25, 0.3) is 0 Å². The van der Waals surface area contributed by atoms with Crippen LogP contribution in [0, 0.1) is 0 Å². The first-order chi connectivity index (χ1) is 9.25. The minimum absolute atomic E-state index is 0.293.